The fourth-order valence-corrected chi connectivity index (χ4v) is 1.36. The molecule has 2 rings (SSSR count). The van der Waals surface area contributed by atoms with Crippen LogP contribution in [0.1, 0.15) is 24.6 Å². The predicted molar refractivity (Wildman–Crippen MR) is 43.2 cm³/mol. The van der Waals surface area contributed by atoms with E-state index < -0.39 is 0 Å². The zero-order chi connectivity index (χ0) is 8.39. The van der Waals surface area contributed by atoms with Crippen molar-refractivity contribution in [1.82, 2.24) is 9.97 Å². The minimum absolute atomic E-state index is 0.0595. The molecule has 0 saturated carbocycles. The molecule has 1 saturated heterocycles. The molecule has 1 radical (unpaired) electrons. The van der Waals surface area contributed by atoms with E-state index >= 15 is 0 Å². The highest BCUT2D eigenvalue weighted by molar-refractivity contribution is 5.40. The molecule has 1 aromatic heterocycles. The summed E-state index contributed by atoms with van der Waals surface area (Å²) in [7, 11) is 0. The molecule has 0 spiro atoms. The molecule has 2 N–H and O–H groups in total. The summed E-state index contributed by atoms with van der Waals surface area (Å²) < 4.78 is 5.43. The van der Waals surface area contributed by atoms with Gasteiger partial charge in [0.1, 0.15) is 6.10 Å². The third-order valence-electron chi connectivity index (χ3n) is 1.96. The summed E-state index contributed by atoms with van der Waals surface area (Å²) in [6, 6.07) is 0. The van der Waals surface area contributed by atoms with Crippen molar-refractivity contribution in [2.75, 3.05) is 12.3 Å². The molecule has 0 aliphatic carbocycles. The van der Waals surface area contributed by atoms with Crippen LogP contribution >= 0.6 is 0 Å². The fourth-order valence-electron chi connectivity index (χ4n) is 1.36. The predicted octanol–water partition coefficient (Wildman–Crippen LogP) is 0.710. The average molecular weight is 164 g/mol. The first kappa shape index (κ1) is 7.49. The number of aromatic nitrogens is 2. The summed E-state index contributed by atoms with van der Waals surface area (Å²) in [5.74, 6) is 0. The maximum absolute atomic E-state index is 5.68. The number of hydrogen-bond donors (Lipinski definition) is 1. The van der Waals surface area contributed by atoms with E-state index in [4.69, 9.17) is 10.5 Å². The van der Waals surface area contributed by atoms with Crippen LogP contribution in [0.25, 0.3) is 0 Å². The molecule has 0 bridgehead atoms. The van der Waals surface area contributed by atoms with Gasteiger partial charge in [-0.1, -0.05) is 0 Å². The number of hydrogen-bond acceptors (Lipinski definition) is 4. The van der Waals surface area contributed by atoms with Gasteiger partial charge in [0.15, 0.2) is 6.33 Å². The van der Waals surface area contributed by atoms with Gasteiger partial charge in [-0.2, -0.15) is 0 Å². The zero-order valence-corrected chi connectivity index (χ0v) is 6.66. The van der Waals surface area contributed by atoms with Gasteiger partial charge in [-0.05, 0) is 12.8 Å². The number of anilines is 1. The first-order valence-corrected chi connectivity index (χ1v) is 3.98. The van der Waals surface area contributed by atoms with Gasteiger partial charge in [0, 0.05) is 6.61 Å². The quantitative estimate of drug-likeness (QED) is 0.664. The average Bonchev–Trinajstić information content (AvgIpc) is 2.57. The molecule has 4 heteroatoms. The van der Waals surface area contributed by atoms with Crippen LogP contribution in [-0.2, 0) is 4.74 Å². The number of ether oxygens (including phenoxy) is 1. The van der Waals surface area contributed by atoms with Crippen molar-refractivity contribution < 1.29 is 4.74 Å². The summed E-state index contributed by atoms with van der Waals surface area (Å²) in [6.07, 6.45) is 6.21. The second kappa shape index (κ2) is 3.06. The van der Waals surface area contributed by atoms with Crippen molar-refractivity contribution in [2.45, 2.75) is 18.9 Å². The van der Waals surface area contributed by atoms with E-state index in [-0.39, 0.29) is 6.10 Å². The Morgan fingerprint density at radius 2 is 2.58 bits per heavy atom. The molecular formula is C8H10N3O. The Morgan fingerprint density at radius 3 is 3.25 bits per heavy atom. The Morgan fingerprint density at radius 1 is 1.67 bits per heavy atom. The van der Waals surface area contributed by atoms with Gasteiger partial charge in [-0.25, -0.2) is 9.97 Å². The molecule has 63 valence electrons. The highest BCUT2D eigenvalue weighted by Gasteiger charge is 2.20. The van der Waals surface area contributed by atoms with Crippen molar-refractivity contribution >= 4 is 5.69 Å². The van der Waals surface area contributed by atoms with Crippen LogP contribution in [0.3, 0.4) is 0 Å². The standard InChI is InChI=1S/C8H10N3O/c9-6-4-10-5-11-8(6)7-2-1-3-12-7/h4,7H,1-3,9H2. The lowest BCUT2D eigenvalue weighted by molar-refractivity contribution is 0.109. The molecule has 12 heavy (non-hydrogen) atoms. The summed E-state index contributed by atoms with van der Waals surface area (Å²) in [5.41, 5.74) is 7.05. The second-order valence-corrected chi connectivity index (χ2v) is 2.81. The van der Waals surface area contributed by atoms with Gasteiger partial charge in [-0.15, -0.1) is 0 Å². The Bertz CT molecular complexity index is 271. The molecule has 0 aromatic carbocycles. The van der Waals surface area contributed by atoms with E-state index in [2.05, 4.69) is 16.3 Å². The van der Waals surface area contributed by atoms with Crippen LogP contribution in [-0.4, -0.2) is 16.6 Å². The molecule has 2 heterocycles. The molecule has 1 unspecified atom stereocenters. The molecule has 1 fully saturated rings. The fraction of sp³-hybridized carbons (Fsp3) is 0.500. The van der Waals surface area contributed by atoms with Crippen molar-refractivity contribution in [1.29, 1.82) is 0 Å². The molecule has 1 aliphatic heterocycles. The maximum Gasteiger partial charge on any atom is 0.198 e. The van der Waals surface area contributed by atoms with Crippen LogP contribution < -0.4 is 5.73 Å². The van der Waals surface area contributed by atoms with E-state index in [1.54, 1.807) is 6.20 Å². The Hall–Kier alpha value is -1.16. The van der Waals surface area contributed by atoms with Gasteiger partial charge in [0.05, 0.1) is 17.6 Å². The molecule has 1 aliphatic rings. The zero-order valence-electron chi connectivity index (χ0n) is 6.66. The second-order valence-electron chi connectivity index (χ2n) is 2.81. The summed E-state index contributed by atoms with van der Waals surface area (Å²) in [5, 5.41) is 0. The normalized spacial score (nSPS) is 22.8. The highest BCUT2D eigenvalue weighted by Crippen LogP contribution is 2.29. The van der Waals surface area contributed by atoms with Crippen molar-refractivity contribution in [3.8, 4) is 0 Å². The van der Waals surface area contributed by atoms with E-state index in [1.807, 2.05) is 0 Å². The minimum Gasteiger partial charge on any atom is -0.396 e. The smallest absolute Gasteiger partial charge is 0.198 e. The van der Waals surface area contributed by atoms with E-state index in [1.165, 1.54) is 0 Å². The molecular weight excluding hydrogens is 154 g/mol. The third kappa shape index (κ3) is 1.25. The largest absolute Gasteiger partial charge is 0.396 e. The van der Waals surface area contributed by atoms with Crippen molar-refractivity contribution in [3.63, 3.8) is 0 Å². The van der Waals surface area contributed by atoms with Gasteiger partial charge in [0.25, 0.3) is 0 Å². The topological polar surface area (TPSA) is 61.0 Å². The SMILES string of the molecule is Nc1cn[c]nc1C1CCCO1. The van der Waals surface area contributed by atoms with Crippen LogP contribution in [0.4, 0.5) is 5.69 Å². The molecule has 4 nitrogen and oxygen atoms in total. The van der Waals surface area contributed by atoms with Gasteiger partial charge in [-0.3, -0.25) is 0 Å². The Kier molecular flexibility index (Phi) is 1.91. The lowest BCUT2D eigenvalue weighted by Crippen LogP contribution is -2.04. The first-order chi connectivity index (χ1) is 5.88. The third-order valence-corrected chi connectivity index (χ3v) is 1.96. The number of rotatable bonds is 1. The number of nitrogen functional groups attached to an aromatic ring is 1. The summed E-state index contributed by atoms with van der Waals surface area (Å²) in [4.78, 5) is 7.67. The van der Waals surface area contributed by atoms with Crippen molar-refractivity contribution in [3.05, 3.63) is 18.2 Å². The van der Waals surface area contributed by atoms with E-state index in [9.17, 15) is 0 Å². The summed E-state index contributed by atoms with van der Waals surface area (Å²) >= 11 is 0. The number of nitrogens with zero attached hydrogens (tertiary/aromatic N) is 2. The first-order valence-electron chi connectivity index (χ1n) is 3.98. The minimum atomic E-state index is 0.0595. The van der Waals surface area contributed by atoms with Crippen LogP contribution in [0, 0.1) is 6.33 Å². The Labute approximate surface area is 70.8 Å². The summed E-state index contributed by atoms with van der Waals surface area (Å²) in [6.45, 7) is 0.800. The Balaban J connectivity index is 2.26. The van der Waals surface area contributed by atoms with Crippen LogP contribution in [0.5, 0.6) is 0 Å². The monoisotopic (exact) mass is 164 g/mol. The molecule has 1 aromatic rings. The van der Waals surface area contributed by atoms with Gasteiger partial charge >= 0.3 is 0 Å². The van der Waals surface area contributed by atoms with Crippen LogP contribution in [0.15, 0.2) is 6.20 Å². The van der Waals surface area contributed by atoms with Gasteiger partial charge < -0.3 is 10.5 Å². The number of nitrogens with two attached hydrogens (primary N) is 1. The van der Waals surface area contributed by atoms with E-state index in [0.717, 1.165) is 25.1 Å². The molecule has 0 amide bonds. The highest BCUT2D eigenvalue weighted by atomic mass is 16.5. The van der Waals surface area contributed by atoms with E-state index in [0.29, 0.717) is 5.69 Å². The molecule has 1 atom stereocenters. The van der Waals surface area contributed by atoms with Crippen LogP contribution in [0.2, 0.25) is 0 Å². The lowest BCUT2D eigenvalue weighted by atomic mass is 10.1. The van der Waals surface area contributed by atoms with Crippen molar-refractivity contribution in [2.24, 2.45) is 0 Å². The maximum atomic E-state index is 5.68. The van der Waals surface area contributed by atoms with Gasteiger partial charge in [0.2, 0.25) is 0 Å². The lowest BCUT2D eigenvalue weighted by Gasteiger charge is -2.09.